The second-order valence-electron chi connectivity index (χ2n) is 6.88. The van der Waals surface area contributed by atoms with E-state index in [0.29, 0.717) is 11.1 Å². The maximum Gasteiger partial charge on any atom is 0.298 e. The monoisotopic (exact) mass is 384 g/mol. The Morgan fingerprint density at radius 1 is 0.815 bits per heavy atom. The molecule has 0 aliphatic heterocycles. The van der Waals surface area contributed by atoms with E-state index < -0.39 is 26.2 Å². The van der Waals surface area contributed by atoms with Gasteiger partial charge in [0.25, 0.3) is 10.1 Å². The molecule has 0 bridgehead atoms. The normalized spacial score (nSPS) is 12.1. The van der Waals surface area contributed by atoms with Gasteiger partial charge in [-0.2, -0.15) is 8.42 Å². The minimum absolute atomic E-state index is 0.0500. The fourth-order valence-electron chi connectivity index (χ4n) is 3.05. The zero-order valence-electron chi connectivity index (χ0n) is 14.9. The van der Waals surface area contributed by atoms with Gasteiger partial charge in [-0.25, -0.2) is 0 Å². The van der Waals surface area contributed by atoms with E-state index in [0.717, 1.165) is 5.56 Å². The van der Waals surface area contributed by atoms with Crippen LogP contribution in [-0.4, -0.2) is 23.2 Å². The molecule has 0 heterocycles. The van der Waals surface area contributed by atoms with Crippen molar-refractivity contribution in [3.8, 4) is 22.6 Å². The van der Waals surface area contributed by atoms with Crippen LogP contribution in [0.2, 0.25) is 0 Å². The van der Waals surface area contributed by atoms with Gasteiger partial charge in [0.15, 0.2) is 0 Å². The molecular weight excluding hydrogens is 364 g/mol. The van der Waals surface area contributed by atoms with Gasteiger partial charge >= 0.3 is 0 Å². The molecule has 3 aromatic carbocycles. The van der Waals surface area contributed by atoms with E-state index >= 15 is 0 Å². The maximum atomic E-state index is 11.9. The van der Waals surface area contributed by atoms with E-state index in [4.69, 9.17) is 0 Å². The molecule has 3 N–H and O–H groups in total. The van der Waals surface area contributed by atoms with Crippen LogP contribution < -0.4 is 0 Å². The zero-order valence-corrected chi connectivity index (χ0v) is 15.7. The van der Waals surface area contributed by atoms with Crippen LogP contribution in [0.5, 0.6) is 11.5 Å². The third kappa shape index (κ3) is 3.67. The van der Waals surface area contributed by atoms with Gasteiger partial charge in [0, 0.05) is 11.0 Å². The lowest BCUT2D eigenvalue weighted by molar-refractivity contribution is 0.443. The second-order valence-corrected chi connectivity index (χ2v) is 8.27. The summed E-state index contributed by atoms with van der Waals surface area (Å²) < 4.78 is 33.3. The third-order valence-electron chi connectivity index (χ3n) is 4.75. The van der Waals surface area contributed by atoms with Crippen molar-refractivity contribution in [3.05, 3.63) is 77.9 Å². The first kappa shape index (κ1) is 18.9. The van der Waals surface area contributed by atoms with Crippen LogP contribution in [0, 0.1) is 0 Å². The van der Waals surface area contributed by atoms with Crippen LogP contribution in [0.3, 0.4) is 0 Å². The van der Waals surface area contributed by atoms with Crippen molar-refractivity contribution in [3.63, 3.8) is 0 Å². The van der Waals surface area contributed by atoms with E-state index in [-0.39, 0.29) is 11.3 Å². The molecule has 0 saturated carbocycles. The van der Waals surface area contributed by atoms with Crippen molar-refractivity contribution in [2.45, 2.75) is 24.2 Å². The summed E-state index contributed by atoms with van der Waals surface area (Å²) in [6.45, 7) is 3.87. The van der Waals surface area contributed by atoms with Crippen LogP contribution in [0.15, 0.2) is 71.6 Å². The summed E-state index contributed by atoms with van der Waals surface area (Å²) in [7, 11) is -4.64. The van der Waals surface area contributed by atoms with E-state index in [9.17, 15) is 23.2 Å². The van der Waals surface area contributed by atoms with E-state index in [1.807, 2.05) is 44.2 Å². The summed E-state index contributed by atoms with van der Waals surface area (Å²) in [5, 5.41) is 20.0. The fourth-order valence-corrected chi connectivity index (χ4v) is 3.68. The van der Waals surface area contributed by atoms with Crippen LogP contribution in [0.1, 0.15) is 25.0 Å². The third-order valence-corrected chi connectivity index (χ3v) is 5.62. The summed E-state index contributed by atoms with van der Waals surface area (Å²) in [4.78, 5) is -0.549. The van der Waals surface area contributed by atoms with Gasteiger partial charge in [0.05, 0.1) is 0 Å². The van der Waals surface area contributed by atoms with Gasteiger partial charge in [-0.1, -0.05) is 56.3 Å². The van der Waals surface area contributed by atoms with Crippen molar-refractivity contribution < 1.29 is 23.2 Å². The van der Waals surface area contributed by atoms with E-state index in [1.165, 1.54) is 18.2 Å². The Morgan fingerprint density at radius 2 is 1.41 bits per heavy atom. The average Bonchev–Trinajstić information content (AvgIpc) is 2.62. The van der Waals surface area contributed by atoms with Crippen LogP contribution in [-0.2, 0) is 15.5 Å². The molecule has 0 spiro atoms. The van der Waals surface area contributed by atoms with Gasteiger partial charge in [-0.05, 0) is 41.0 Å². The molecule has 3 rings (SSSR count). The molecule has 0 aromatic heterocycles. The number of phenols is 2. The Bertz CT molecular complexity index is 1070. The Balaban J connectivity index is 2.30. The molecule has 0 fully saturated rings. The standard InChI is InChI=1S/C21H20O5S/c1-21(2,15-6-4-3-5-7-15)16-12-18(14-8-10-17(22)11-9-14)20(23)19(13-16)27(24,25)26/h3-13,22-23H,1-2H3,(H,24,25,26). The molecule has 0 aliphatic rings. The Labute approximate surface area is 158 Å². The molecule has 6 heteroatoms. The van der Waals surface area contributed by atoms with Gasteiger partial charge < -0.3 is 10.2 Å². The van der Waals surface area contributed by atoms with E-state index in [1.54, 1.807) is 18.2 Å². The highest BCUT2D eigenvalue weighted by atomic mass is 32.2. The number of benzene rings is 3. The minimum Gasteiger partial charge on any atom is -0.508 e. The fraction of sp³-hybridized carbons (Fsp3) is 0.143. The van der Waals surface area contributed by atoms with Crippen LogP contribution in [0.4, 0.5) is 0 Å². The SMILES string of the molecule is CC(C)(c1ccccc1)c1cc(-c2ccc(O)cc2)c(O)c(S(=O)(=O)O)c1. The molecule has 5 nitrogen and oxygen atoms in total. The summed E-state index contributed by atoms with van der Waals surface area (Å²) in [5.41, 5.74) is 1.75. The number of hydrogen-bond donors (Lipinski definition) is 3. The van der Waals surface area contributed by atoms with Crippen molar-refractivity contribution >= 4 is 10.1 Å². The summed E-state index contributed by atoms with van der Waals surface area (Å²) in [5.74, 6) is -0.482. The van der Waals surface area contributed by atoms with Crippen molar-refractivity contribution in [2.75, 3.05) is 0 Å². The first-order valence-corrected chi connectivity index (χ1v) is 9.74. The molecule has 0 aliphatic carbocycles. The number of aromatic hydroxyl groups is 2. The number of hydrogen-bond acceptors (Lipinski definition) is 4. The Hall–Kier alpha value is -2.83. The molecule has 140 valence electrons. The molecular formula is C21H20O5S. The highest BCUT2D eigenvalue weighted by Gasteiger charge is 2.28. The maximum absolute atomic E-state index is 11.9. The molecule has 0 radical (unpaired) electrons. The molecule has 27 heavy (non-hydrogen) atoms. The number of rotatable bonds is 4. The lowest BCUT2D eigenvalue weighted by atomic mass is 9.77. The van der Waals surface area contributed by atoms with Crippen molar-refractivity contribution in [2.24, 2.45) is 0 Å². The smallest absolute Gasteiger partial charge is 0.298 e. The summed E-state index contributed by atoms with van der Waals surface area (Å²) >= 11 is 0. The molecule has 0 unspecified atom stereocenters. The van der Waals surface area contributed by atoms with Gasteiger partial charge in [0.2, 0.25) is 0 Å². The Morgan fingerprint density at radius 3 is 1.96 bits per heavy atom. The highest BCUT2D eigenvalue weighted by Crippen LogP contribution is 2.41. The summed E-state index contributed by atoms with van der Waals surface area (Å²) in [6.07, 6.45) is 0. The first-order valence-electron chi connectivity index (χ1n) is 8.30. The van der Waals surface area contributed by atoms with Gasteiger partial charge in [-0.15, -0.1) is 0 Å². The first-order chi connectivity index (χ1) is 12.6. The average molecular weight is 384 g/mol. The predicted molar refractivity (Wildman–Crippen MR) is 104 cm³/mol. The minimum atomic E-state index is -4.64. The number of phenolic OH excluding ortho intramolecular Hbond substituents is 2. The lowest BCUT2D eigenvalue weighted by Gasteiger charge is -2.27. The van der Waals surface area contributed by atoms with Crippen molar-refractivity contribution in [1.82, 2.24) is 0 Å². The highest BCUT2D eigenvalue weighted by molar-refractivity contribution is 7.86. The molecule has 0 atom stereocenters. The quantitative estimate of drug-likeness (QED) is 0.582. The molecule has 3 aromatic rings. The van der Waals surface area contributed by atoms with E-state index in [2.05, 4.69) is 0 Å². The van der Waals surface area contributed by atoms with Crippen LogP contribution >= 0.6 is 0 Å². The molecule has 0 saturated heterocycles. The summed E-state index contributed by atoms with van der Waals surface area (Å²) in [6, 6.07) is 18.5. The topological polar surface area (TPSA) is 94.8 Å². The van der Waals surface area contributed by atoms with Crippen LogP contribution in [0.25, 0.3) is 11.1 Å². The largest absolute Gasteiger partial charge is 0.508 e. The van der Waals surface area contributed by atoms with Gasteiger partial charge in [-0.3, -0.25) is 4.55 Å². The zero-order chi connectivity index (χ0) is 19.8. The lowest BCUT2D eigenvalue weighted by Crippen LogP contribution is -2.19. The predicted octanol–water partition coefficient (Wildman–Crippen LogP) is 4.34. The van der Waals surface area contributed by atoms with Crippen molar-refractivity contribution in [1.29, 1.82) is 0 Å². The molecule has 0 amide bonds. The van der Waals surface area contributed by atoms with Gasteiger partial charge in [0.1, 0.15) is 16.4 Å². The Kier molecular flexibility index (Phi) is 4.71. The second kappa shape index (κ2) is 6.72.